The van der Waals surface area contributed by atoms with E-state index in [1.807, 2.05) is 19.1 Å². The van der Waals surface area contributed by atoms with Crippen LogP contribution in [0.15, 0.2) is 18.2 Å². The van der Waals surface area contributed by atoms with Crippen molar-refractivity contribution >= 4 is 11.6 Å². The van der Waals surface area contributed by atoms with E-state index in [4.69, 9.17) is 10.5 Å². The van der Waals surface area contributed by atoms with Gasteiger partial charge in [0.15, 0.2) is 0 Å². The summed E-state index contributed by atoms with van der Waals surface area (Å²) in [6, 6.07) is 5.54. The Labute approximate surface area is 75.7 Å². The molecule has 13 heavy (non-hydrogen) atoms. The summed E-state index contributed by atoms with van der Waals surface area (Å²) in [6.07, 6.45) is -0.894. The highest BCUT2D eigenvalue weighted by Crippen LogP contribution is 2.31. The van der Waals surface area contributed by atoms with Gasteiger partial charge in [-0.25, -0.2) is 0 Å². The number of nitrogens with one attached hydrogen (secondary N) is 1. The van der Waals surface area contributed by atoms with Crippen LogP contribution in [0, 0.1) is 6.92 Å². The van der Waals surface area contributed by atoms with Crippen molar-refractivity contribution < 1.29 is 9.53 Å². The van der Waals surface area contributed by atoms with Gasteiger partial charge in [-0.05, 0) is 18.6 Å². The predicted octanol–water partition coefficient (Wildman–Crippen LogP) is 0.611. The van der Waals surface area contributed by atoms with Gasteiger partial charge in [0.1, 0.15) is 5.75 Å². The van der Waals surface area contributed by atoms with Crippen LogP contribution in [-0.4, -0.2) is 12.1 Å². The Morgan fingerprint density at radius 1 is 1.54 bits per heavy atom. The molecule has 0 saturated heterocycles. The molecular formula is C9H10N2O2. The summed E-state index contributed by atoms with van der Waals surface area (Å²) < 4.78 is 5.19. The number of fused-ring (bicyclic) bond motifs is 1. The van der Waals surface area contributed by atoms with E-state index in [2.05, 4.69) is 5.32 Å². The van der Waals surface area contributed by atoms with Crippen LogP contribution < -0.4 is 15.8 Å². The third-order valence-electron chi connectivity index (χ3n) is 2.00. The van der Waals surface area contributed by atoms with Crippen LogP contribution in [0.1, 0.15) is 5.56 Å². The monoisotopic (exact) mass is 178 g/mol. The SMILES string of the molecule is Cc1cccc2c1NC(=O)C(N)O2. The minimum atomic E-state index is -0.894. The molecule has 1 atom stereocenters. The van der Waals surface area contributed by atoms with Gasteiger partial charge in [0, 0.05) is 0 Å². The van der Waals surface area contributed by atoms with Crippen molar-refractivity contribution in [1.82, 2.24) is 0 Å². The van der Waals surface area contributed by atoms with Crippen LogP contribution in [0.4, 0.5) is 5.69 Å². The van der Waals surface area contributed by atoms with Gasteiger partial charge in [-0.3, -0.25) is 10.5 Å². The summed E-state index contributed by atoms with van der Waals surface area (Å²) in [4.78, 5) is 11.1. The number of ether oxygens (including phenoxy) is 1. The van der Waals surface area contributed by atoms with Gasteiger partial charge < -0.3 is 10.1 Å². The fraction of sp³-hybridized carbons (Fsp3) is 0.222. The van der Waals surface area contributed by atoms with Crippen molar-refractivity contribution in [1.29, 1.82) is 0 Å². The summed E-state index contributed by atoms with van der Waals surface area (Å²) in [7, 11) is 0. The lowest BCUT2D eigenvalue weighted by atomic mass is 10.1. The molecule has 0 spiro atoms. The minimum absolute atomic E-state index is 0.304. The lowest BCUT2D eigenvalue weighted by Gasteiger charge is -2.23. The number of rotatable bonds is 0. The van der Waals surface area contributed by atoms with Crippen LogP contribution in [0.3, 0.4) is 0 Å². The Bertz CT molecular complexity index is 363. The normalized spacial score (nSPS) is 20.2. The van der Waals surface area contributed by atoms with Crippen molar-refractivity contribution in [2.45, 2.75) is 13.2 Å². The first-order valence-electron chi connectivity index (χ1n) is 4.01. The Morgan fingerprint density at radius 2 is 2.31 bits per heavy atom. The van der Waals surface area contributed by atoms with Crippen LogP contribution in [0.25, 0.3) is 0 Å². The van der Waals surface area contributed by atoms with E-state index in [0.29, 0.717) is 11.4 Å². The van der Waals surface area contributed by atoms with Crippen molar-refractivity contribution in [3.63, 3.8) is 0 Å². The molecule has 1 unspecified atom stereocenters. The maximum atomic E-state index is 11.1. The number of benzene rings is 1. The zero-order valence-electron chi connectivity index (χ0n) is 7.20. The zero-order chi connectivity index (χ0) is 9.42. The molecule has 1 amide bonds. The van der Waals surface area contributed by atoms with E-state index >= 15 is 0 Å². The topological polar surface area (TPSA) is 64.4 Å². The molecule has 3 N–H and O–H groups in total. The lowest BCUT2D eigenvalue weighted by molar-refractivity contribution is -0.123. The number of nitrogens with two attached hydrogens (primary N) is 1. The number of hydrogen-bond donors (Lipinski definition) is 2. The van der Waals surface area contributed by atoms with Crippen LogP contribution in [0.2, 0.25) is 0 Å². The van der Waals surface area contributed by atoms with Gasteiger partial charge in [-0.2, -0.15) is 0 Å². The highest BCUT2D eigenvalue weighted by Gasteiger charge is 2.24. The molecule has 0 aromatic heterocycles. The van der Waals surface area contributed by atoms with Crippen LogP contribution in [0.5, 0.6) is 5.75 Å². The molecule has 1 aromatic rings. The van der Waals surface area contributed by atoms with E-state index in [1.54, 1.807) is 6.07 Å². The lowest BCUT2D eigenvalue weighted by Crippen LogP contribution is -2.43. The van der Waals surface area contributed by atoms with E-state index in [9.17, 15) is 4.79 Å². The minimum Gasteiger partial charge on any atom is -0.464 e. The summed E-state index contributed by atoms with van der Waals surface area (Å²) in [6.45, 7) is 1.90. The smallest absolute Gasteiger partial charge is 0.280 e. The van der Waals surface area contributed by atoms with Gasteiger partial charge >= 0.3 is 0 Å². The van der Waals surface area contributed by atoms with Gasteiger partial charge in [-0.15, -0.1) is 0 Å². The molecule has 0 aliphatic carbocycles. The molecular weight excluding hydrogens is 168 g/mol. The van der Waals surface area contributed by atoms with E-state index < -0.39 is 6.23 Å². The van der Waals surface area contributed by atoms with E-state index in [1.165, 1.54) is 0 Å². The average Bonchev–Trinajstić information content (AvgIpc) is 2.09. The van der Waals surface area contributed by atoms with E-state index in [-0.39, 0.29) is 5.91 Å². The molecule has 1 aromatic carbocycles. The number of carbonyl (C=O) groups excluding carboxylic acids is 1. The second-order valence-electron chi connectivity index (χ2n) is 2.98. The Balaban J connectivity index is 2.48. The largest absolute Gasteiger partial charge is 0.464 e. The second-order valence-corrected chi connectivity index (χ2v) is 2.98. The van der Waals surface area contributed by atoms with Gasteiger partial charge in [0.05, 0.1) is 5.69 Å². The van der Waals surface area contributed by atoms with Crippen molar-refractivity contribution in [3.05, 3.63) is 23.8 Å². The first-order chi connectivity index (χ1) is 6.18. The van der Waals surface area contributed by atoms with E-state index in [0.717, 1.165) is 5.56 Å². The van der Waals surface area contributed by atoms with Crippen molar-refractivity contribution in [3.8, 4) is 5.75 Å². The maximum Gasteiger partial charge on any atom is 0.280 e. The predicted molar refractivity (Wildman–Crippen MR) is 48.4 cm³/mol. The second kappa shape index (κ2) is 2.74. The highest BCUT2D eigenvalue weighted by molar-refractivity contribution is 5.98. The molecule has 4 heteroatoms. The average molecular weight is 178 g/mol. The number of para-hydroxylation sites is 1. The standard InChI is InChI=1S/C9H10N2O2/c1-5-3-2-4-6-7(5)11-9(12)8(10)13-6/h2-4,8H,10H2,1H3,(H,11,12). The molecule has 68 valence electrons. The number of hydrogen-bond acceptors (Lipinski definition) is 3. The fourth-order valence-corrected chi connectivity index (χ4v) is 1.28. The number of amides is 1. The van der Waals surface area contributed by atoms with Gasteiger partial charge in [0.25, 0.3) is 5.91 Å². The quantitative estimate of drug-likeness (QED) is 0.611. The number of carbonyl (C=O) groups is 1. The Kier molecular flexibility index (Phi) is 1.70. The first kappa shape index (κ1) is 8.07. The van der Waals surface area contributed by atoms with Crippen molar-refractivity contribution in [2.24, 2.45) is 5.73 Å². The molecule has 0 fully saturated rings. The van der Waals surface area contributed by atoms with Crippen LogP contribution >= 0.6 is 0 Å². The Hall–Kier alpha value is -1.55. The van der Waals surface area contributed by atoms with Crippen molar-refractivity contribution in [2.75, 3.05) is 5.32 Å². The molecule has 2 rings (SSSR count). The highest BCUT2D eigenvalue weighted by atomic mass is 16.5. The Morgan fingerprint density at radius 3 is 3.08 bits per heavy atom. The molecule has 0 saturated carbocycles. The molecule has 4 nitrogen and oxygen atoms in total. The zero-order valence-corrected chi connectivity index (χ0v) is 7.20. The molecule has 1 aliphatic rings. The van der Waals surface area contributed by atoms with Crippen LogP contribution in [-0.2, 0) is 4.79 Å². The first-order valence-corrected chi connectivity index (χ1v) is 4.01. The molecule has 0 bridgehead atoms. The van der Waals surface area contributed by atoms with Gasteiger partial charge in [-0.1, -0.05) is 12.1 Å². The third kappa shape index (κ3) is 1.25. The maximum absolute atomic E-state index is 11.1. The number of aryl methyl sites for hydroxylation is 1. The third-order valence-corrected chi connectivity index (χ3v) is 2.00. The summed E-state index contributed by atoms with van der Waals surface area (Å²) >= 11 is 0. The van der Waals surface area contributed by atoms with Gasteiger partial charge in [0.2, 0.25) is 6.23 Å². The number of anilines is 1. The fourth-order valence-electron chi connectivity index (χ4n) is 1.28. The molecule has 1 heterocycles. The summed E-state index contributed by atoms with van der Waals surface area (Å²) in [5.74, 6) is 0.328. The summed E-state index contributed by atoms with van der Waals surface area (Å²) in [5.41, 5.74) is 7.10. The molecule has 1 aliphatic heterocycles. The molecule has 0 radical (unpaired) electrons. The summed E-state index contributed by atoms with van der Waals surface area (Å²) in [5, 5.41) is 2.69.